The van der Waals surface area contributed by atoms with E-state index in [4.69, 9.17) is 16.3 Å². The van der Waals surface area contributed by atoms with E-state index in [1.54, 1.807) is 36.1 Å². The molecule has 1 aromatic carbocycles. The lowest BCUT2D eigenvalue weighted by Gasteiger charge is -2.26. The van der Waals surface area contributed by atoms with Crippen molar-refractivity contribution < 1.29 is 9.53 Å². The van der Waals surface area contributed by atoms with Crippen LogP contribution in [-0.2, 0) is 24.4 Å². The number of aromatic nitrogens is 3. The quantitative estimate of drug-likeness (QED) is 0.243. The van der Waals surface area contributed by atoms with Crippen LogP contribution in [0.15, 0.2) is 61.2 Å². The Kier molecular flexibility index (Phi) is 8.71. The van der Waals surface area contributed by atoms with Crippen LogP contribution < -0.4 is 10.1 Å². The number of benzene rings is 1. The van der Waals surface area contributed by atoms with Gasteiger partial charge in [0.1, 0.15) is 29.3 Å². The first-order valence-corrected chi connectivity index (χ1v) is 14.2. The molecule has 1 N–H and O–H groups in total. The van der Waals surface area contributed by atoms with Crippen molar-refractivity contribution >= 4 is 50.6 Å². The zero-order valence-corrected chi connectivity index (χ0v) is 23.6. The molecule has 39 heavy (non-hydrogen) atoms. The van der Waals surface area contributed by atoms with E-state index < -0.39 is 0 Å². The highest BCUT2D eigenvalue weighted by Crippen LogP contribution is 2.38. The molecular formula is C29H31ClN6O2S. The highest BCUT2D eigenvalue weighted by Gasteiger charge is 2.25. The standard InChI is InChI=1S/C29H31ClN6O2S/c1-3-35(2)13-5-4-8-26(37)36-14-11-22-25(17-36)39-29-27(22)28(32-19-33-29)34-21-9-10-24(23(30)15-21)38-18-20-7-6-12-31-16-20/h4,6-10,12,15-16,19H,3,5,11,13-14,17-18H2,1-2H3,(H,32,33,34). The van der Waals surface area contributed by atoms with E-state index in [0.29, 0.717) is 30.5 Å². The van der Waals surface area contributed by atoms with Crippen molar-refractivity contribution in [3.05, 3.63) is 82.2 Å². The smallest absolute Gasteiger partial charge is 0.246 e. The zero-order valence-electron chi connectivity index (χ0n) is 22.1. The second-order valence-electron chi connectivity index (χ2n) is 9.42. The van der Waals surface area contributed by atoms with Gasteiger partial charge in [0.25, 0.3) is 0 Å². The van der Waals surface area contributed by atoms with Crippen LogP contribution in [0.25, 0.3) is 10.2 Å². The van der Waals surface area contributed by atoms with E-state index in [0.717, 1.165) is 58.1 Å². The first-order valence-electron chi connectivity index (χ1n) is 13.0. The summed E-state index contributed by atoms with van der Waals surface area (Å²) in [5, 5.41) is 4.93. The number of rotatable bonds is 10. The van der Waals surface area contributed by atoms with Crippen LogP contribution in [0.1, 0.15) is 29.3 Å². The van der Waals surface area contributed by atoms with Crippen molar-refractivity contribution in [3.8, 4) is 5.75 Å². The lowest BCUT2D eigenvalue weighted by molar-refractivity contribution is -0.126. The highest BCUT2D eigenvalue weighted by atomic mass is 35.5. The Morgan fingerprint density at radius 3 is 3.00 bits per heavy atom. The number of fused-ring (bicyclic) bond motifs is 3. The minimum absolute atomic E-state index is 0.0576. The van der Waals surface area contributed by atoms with Gasteiger partial charge in [0.15, 0.2) is 0 Å². The summed E-state index contributed by atoms with van der Waals surface area (Å²) in [7, 11) is 2.08. The van der Waals surface area contributed by atoms with Gasteiger partial charge in [-0.3, -0.25) is 9.78 Å². The Balaban J connectivity index is 1.27. The van der Waals surface area contributed by atoms with Gasteiger partial charge in [-0.05, 0) is 62.3 Å². The van der Waals surface area contributed by atoms with Gasteiger partial charge in [-0.25, -0.2) is 9.97 Å². The second-order valence-corrected chi connectivity index (χ2v) is 10.9. The van der Waals surface area contributed by atoms with Gasteiger partial charge in [-0.2, -0.15) is 0 Å². The van der Waals surface area contributed by atoms with E-state index in [1.807, 2.05) is 41.3 Å². The Bertz CT molecular complexity index is 1480. The van der Waals surface area contributed by atoms with Crippen LogP contribution in [0.5, 0.6) is 5.75 Å². The maximum atomic E-state index is 12.8. The van der Waals surface area contributed by atoms with Crippen LogP contribution in [0.3, 0.4) is 0 Å². The minimum atomic E-state index is 0.0576. The van der Waals surface area contributed by atoms with Crippen LogP contribution in [-0.4, -0.2) is 57.3 Å². The van der Waals surface area contributed by atoms with Gasteiger partial charge in [-0.15, -0.1) is 11.3 Å². The lowest BCUT2D eigenvalue weighted by Crippen LogP contribution is -2.34. The first kappa shape index (κ1) is 27.1. The Morgan fingerprint density at radius 1 is 1.31 bits per heavy atom. The molecule has 5 rings (SSSR count). The van der Waals surface area contributed by atoms with E-state index in [9.17, 15) is 4.79 Å². The van der Waals surface area contributed by atoms with E-state index in [2.05, 4.69) is 39.1 Å². The summed E-state index contributed by atoms with van der Waals surface area (Å²) in [5.74, 6) is 1.39. The molecule has 0 saturated heterocycles. The summed E-state index contributed by atoms with van der Waals surface area (Å²) in [6.45, 7) is 5.72. The van der Waals surface area contributed by atoms with Gasteiger partial charge in [-0.1, -0.05) is 30.7 Å². The molecule has 0 saturated carbocycles. The summed E-state index contributed by atoms with van der Waals surface area (Å²) in [4.78, 5) is 32.2. The molecule has 3 aromatic heterocycles. The third-order valence-corrected chi connectivity index (χ3v) is 8.16. The maximum absolute atomic E-state index is 12.8. The first-order chi connectivity index (χ1) is 19.0. The monoisotopic (exact) mass is 562 g/mol. The average Bonchev–Trinajstić information content (AvgIpc) is 3.34. The molecule has 1 amide bonds. The predicted molar refractivity (Wildman–Crippen MR) is 157 cm³/mol. The Hall–Kier alpha value is -3.53. The summed E-state index contributed by atoms with van der Waals surface area (Å²) < 4.78 is 5.87. The number of halogens is 1. The number of anilines is 2. The lowest BCUT2D eigenvalue weighted by atomic mass is 10.0. The Labute approximate surface area is 237 Å². The molecule has 0 atom stereocenters. The molecule has 0 radical (unpaired) electrons. The molecular weight excluding hydrogens is 532 g/mol. The molecule has 4 heterocycles. The summed E-state index contributed by atoms with van der Waals surface area (Å²) in [6, 6.07) is 9.43. The fourth-order valence-corrected chi connectivity index (χ4v) is 5.87. The van der Waals surface area contributed by atoms with Crippen LogP contribution >= 0.6 is 22.9 Å². The summed E-state index contributed by atoms with van der Waals surface area (Å²) in [5.41, 5.74) is 2.98. The fraction of sp³-hybridized carbons (Fsp3) is 0.310. The third kappa shape index (κ3) is 6.55. The van der Waals surface area contributed by atoms with Crippen LogP contribution in [0.4, 0.5) is 11.5 Å². The SMILES string of the molecule is CCN(C)CCC=CC(=O)N1CCc2c(sc3ncnc(Nc4ccc(OCc5cccnc5)c(Cl)c4)c23)C1. The normalized spacial score (nSPS) is 13.3. The van der Waals surface area contributed by atoms with Gasteiger partial charge in [0.05, 0.1) is 17.0 Å². The third-order valence-electron chi connectivity index (χ3n) is 6.74. The number of carbonyl (C=O) groups excluding carboxylic acids is 1. The molecule has 8 nitrogen and oxygen atoms in total. The van der Waals surface area contributed by atoms with Crippen molar-refractivity contribution in [3.63, 3.8) is 0 Å². The summed E-state index contributed by atoms with van der Waals surface area (Å²) in [6.07, 6.45) is 10.4. The summed E-state index contributed by atoms with van der Waals surface area (Å²) >= 11 is 8.16. The van der Waals surface area contributed by atoms with Crippen molar-refractivity contribution in [1.29, 1.82) is 0 Å². The topological polar surface area (TPSA) is 83.5 Å². The van der Waals surface area contributed by atoms with E-state index >= 15 is 0 Å². The molecule has 10 heteroatoms. The molecule has 0 spiro atoms. The van der Waals surface area contributed by atoms with Gasteiger partial charge in [0.2, 0.25) is 5.91 Å². The largest absolute Gasteiger partial charge is 0.487 e. The van der Waals surface area contributed by atoms with Crippen LogP contribution in [0, 0.1) is 0 Å². The van der Waals surface area contributed by atoms with Crippen molar-refractivity contribution in [2.75, 3.05) is 32.0 Å². The number of carbonyl (C=O) groups is 1. The number of amides is 1. The number of thiophene rings is 1. The molecule has 202 valence electrons. The number of hydrogen-bond donors (Lipinski definition) is 1. The molecule has 4 aromatic rings. The number of pyridine rings is 1. The maximum Gasteiger partial charge on any atom is 0.246 e. The molecule has 0 aliphatic carbocycles. The number of nitrogens with zero attached hydrogens (tertiary/aromatic N) is 5. The molecule has 1 aliphatic rings. The fourth-order valence-electron chi connectivity index (χ4n) is 4.43. The van der Waals surface area contributed by atoms with Gasteiger partial charge < -0.3 is 19.9 Å². The Morgan fingerprint density at radius 2 is 2.21 bits per heavy atom. The van der Waals surface area contributed by atoms with E-state index in [1.165, 1.54) is 5.56 Å². The second kappa shape index (κ2) is 12.5. The number of nitrogens with one attached hydrogen (secondary N) is 1. The van der Waals surface area contributed by atoms with Crippen molar-refractivity contribution in [2.24, 2.45) is 0 Å². The predicted octanol–water partition coefficient (Wildman–Crippen LogP) is 5.85. The molecule has 0 bridgehead atoms. The van der Waals surface area contributed by atoms with E-state index in [-0.39, 0.29) is 5.91 Å². The molecule has 0 unspecified atom stereocenters. The zero-order chi connectivity index (χ0) is 27.2. The van der Waals surface area contributed by atoms with Crippen molar-refractivity contribution in [2.45, 2.75) is 32.9 Å². The van der Waals surface area contributed by atoms with Crippen LogP contribution in [0.2, 0.25) is 5.02 Å². The average molecular weight is 563 g/mol. The number of ether oxygens (including phenoxy) is 1. The molecule has 1 aliphatic heterocycles. The van der Waals surface area contributed by atoms with Crippen molar-refractivity contribution in [1.82, 2.24) is 24.8 Å². The van der Waals surface area contributed by atoms with Gasteiger partial charge >= 0.3 is 0 Å². The number of hydrogen-bond acceptors (Lipinski definition) is 8. The minimum Gasteiger partial charge on any atom is -0.487 e. The van der Waals surface area contributed by atoms with Gasteiger partial charge in [0, 0.05) is 41.6 Å². The molecule has 0 fully saturated rings. The highest BCUT2D eigenvalue weighted by molar-refractivity contribution is 7.19.